The van der Waals surface area contributed by atoms with E-state index in [2.05, 4.69) is 15.6 Å². The highest BCUT2D eigenvalue weighted by Crippen LogP contribution is 2.40. The second-order valence-corrected chi connectivity index (χ2v) is 7.76. The molecule has 0 aliphatic heterocycles. The van der Waals surface area contributed by atoms with Crippen LogP contribution in [0.15, 0.2) is 24.3 Å². The average molecular weight is 380 g/mol. The van der Waals surface area contributed by atoms with Crippen molar-refractivity contribution in [3.63, 3.8) is 0 Å². The Morgan fingerprint density at radius 1 is 1.11 bits per heavy atom. The van der Waals surface area contributed by atoms with Crippen LogP contribution < -0.4 is 10.6 Å². The molecule has 1 fully saturated rings. The number of carbonyl (C=O) groups excluding carboxylic acids is 2. The lowest BCUT2D eigenvalue weighted by molar-refractivity contribution is 0.0964. The number of rotatable bonds is 4. The zero-order chi connectivity index (χ0) is 19.1. The van der Waals surface area contributed by atoms with E-state index < -0.39 is 0 Å². The molecule has 7 heteroatoms. The molecule has 2 heterocycles. The van der Waals surface area contributed by atoms with Crippen molar-refractivity contribution >= 4 is 39.1 Å². The van der Waals surface area contributed by atoms with E-state index in [0.717, 1.165) is 40.1 Å². The highest BCUT2D eigenvalue weighted by Gasteiger charge is 2.28. The standard InChI is InChI=1S/C20H20N4O2S/c1-10-15-11(2)22-17(12-8-9-12)24-20(15)27-16(10)19(26)23-14-7-5-4-6-13(14)18(25)21-3/h4-7,12H,8-9H2,1-3H3,(H,21,25)(H,23,26). The van der Waals surface area contributed by atoms with Gasteiger partial charge in [-0.1, -0.05) is 12.1 Å². The fraction of sp³-hybridized carbons (Fsp3) is 0.300. The molecule has 1 aromatic carbocycles. The number of amides is 2. The summed E-state index contributed by atoms with van der Waals surface area (Å²) in [7, 11) is 1.57. The summed E-state index contributed by atoms with van der Waals surface area (Å²) in [5, 5.41) is 6.42. The molecule has 138 valence electrons. The van der Waals surface area contributed by atoms with Crippen LogP contribution in [-0.4, -0.2) is 28.8 Å². The van der Waals surface area contributed by atoms with Crippen LogP contribution in [0.4, 0.5) is 5.69 Å². The van der Waals surface area contributed by atoms with Gasteiger partial charge in [0, 0.05) is 18.4 Å². The number of aromatic nitrogens is 2. The molecule has 0 radical (unpaired) electrons. The van der Waals surface area contributed by atoms with Gasteiger partial charge in [0.1, 0.15) is 10.7 Å². The molecule has 0 atom stereocenters. The Balaban J connectivity index is 1.70. The van der Waals surface area contributed by atoms with Gasteiger partial charge in [0.05, 0.1) is 21.8 Å². The number of aryl methyl sites for hydroxylation is 2. The van der Waals surface area contributed by atoms with Crippen molar-refractivity contribution in [1.29, 1.82) is 0 Å². The summed E-state index contributed by atoms with van der Waals surface area (Å²) in [6.45, 7) is 3.89. The van der Waals surface area contributed by atoms with Crippen LogP contribution in [0.2, 0.25) is 0 Å². The number of hydrogen-bond acceptors (Lipinski definition) is 5. The Hall–Kier alpha value is -2.80. The lowest BCUT2D eigenvalue weighted by Gasteiger charge is -2.09. The summed E-state index contributed by atoms with van der Waals surface area (Å²) in [6, 6.07) is 6.96. The Labute approximate surface area is 161 Å². The van der Waals surface area contributed by atoms with Gasteiger partial charge in [0.15, 0.2) is 0 Å². The van der Waals surface area contributed by atoms with Crippen LogP contribution in [0, 0.1) is 13.8 Å². The molecule has 3 aromatic rings. The lowest BCUT2D eigenvalue weighted by atomic mass is 10.1. The van der Waals surface area contributed by atoms with E-state index in [4.69, 9.17) is 4.98 Å². The minimum atomic E-state index is -0.241. The van der Waals surface area contributed by atoms with Gasteiger partial charge in [-0.25, -0.2) is 9.97 Å². The molecule has 2 N–H and O–H groups in total. The summed E-state index contributed by atoms with van der Waals surface area (Å²) in [5.41, 5.74) is 2.71. The van der Waals surface area contributed by atoms with E-state index in [1.807, 2.05) is 13.8 Å². The van der Waals surface area contributed by atoms with Crippen LogP contribution in [0.5, 0.6) is 0 Å². The van der Waals surface area contributed by atoms with Gasteiger partial charge in [-0.2, -0.15) is 0 Å². The number of nitrogens with one attached hydrogen (secondary N) is 2. The monoisotopic (exact) mass is 380 g/mol. The van der Waals surface area contributed by atoms with Gasteiger partial charge < -0.3 is 10.6 Å². The van der Waals surface area contributed by atoms with E-state index >= 15 is 0 Å². The maximum Gasteiger partial charge on any atom is 0.266 e. The highest BCUT2D eigenvalue weighted by atomic mass is 32.1. The quantitative estimate of drug-likeness (QED) is 0.721. The van der Waals surface area contributed by atoms with Crippen LogP contribution in [0.1, 0.15) is 55.9 Å². The molecule has 27 heavy (non-hydrogen) atoms. The first-order chi connectivity index (χ1) is 13.0. The van der Waals surface area contributed by atoms with Gasteiger partial charge in [-0.15, -0.1) is 11.3 Å². The molecule has 0 saturated heterocycles. The second kappa shape index (κ2) is 6.74. The predicted molar refractivity (Wildman–Crippen MR) is 107 cm³/mol. The largest absolute Gasteiger partial charge is 0.355 e. The minimum absolute atomic E-state index is 0.237. The van der Waals surface area contributed by atoms with E-state index in [9.17, 15) is 9.59 Å². The van der Waals surface area contributed by atoms with Crippen molar-refractivity contribution in [2.45, 2.75) is 32.6 Å². The number of anilines is 1. The first kappa shape index (κ1) is 17.6. The van der Waals surface area contributed by atoms with Crippen molar-refractivity contribution in [3.8, 4) is 0 Å². The summed E-state index contributed by atoms with van der Waals surface area (Å²) >= 11 is 1.38. The normalized spacial score (nSPS) is 13.6. The smallest absolute Gasteiger partial charge is 0.266 e. The maximum absolute atomic E-state index is 12.9. The molecule has 0 unspecified atom stereocenters. The third-order valence-corrected chi connectivity index (χ3v) is 5.97. The molecular weight excluding hydrogens is 360 g/mol. The SMILES string of the molecule is CNC(=O)c1ccccc1NC(=O)c1sc2nc(C3CC3)nc(C)c2c1C. The molecule has 4 rings (SSSR count). The summed E-state index contributed by atoms with van der Waals surface area (Å²) < 4.78 is 0. The van der Waals surface area contributed by atoms with Crippen molar-refractivity contribution < 1.29 is 9.59 Å². The van der Waals surface area contributed by atoms with Crippen LogP contribution >= 0.6 is 11.3 Å². The minimum Gasteiger partial charge on any atom is -0.355 e. The van der Waals surface area contributed by atoms with Crippen LogP contribution in [0.25, 0.3) is 10.2 Å². The Bertz CT molecular complexity index is 1070. The van der Waals surface area contributed by atoms with Gasteiger partial charge in [-0.3, -0.25) is 9.59 Å². The first-order valence-corrected chi connectivity index (χ1v) is 9.71. The van der Waals surface area contributed by atoms with Gasteiger partial charge in [-0.05, 0) is 44.4 Å². The molecule has 0 spiro atoms. The predicted octanol–water partition coefficient (Wildman–Crippen LogP) is 3.80. The van der Waals surface area contributed by atoms with E-state index in [0.29, 0.717) is 22.0 Å². The molecule has 2 aromatic heterocycles. The maximum atomic E-state index is 12.9. The molecule has 2 amide bonds. The summed E-state index contributed by atoms with van der Waals surface area (Å²) in [4.78, 5) is 35.7. The van der Waals surface area contributed by atoms with E-state index in [1.54, 1.807) is 31.3 Å². The number of benzene rings is 1. The molecule has 0 bridgehead atoms. The third kappa shape index (κ3) is 3.19. The number of hydrogen-bond donors (Lipinski definition) is 2. The first-order valence-electron chi connectivity index (χ1n) is 8.89. The topological polar surface area (TPSA) is 84.0 Å². The van der Waals surface area contributed by atoms with Gasteiger partial charge in [0.25, 0.3) is 11.8 Å². The number of para-hydroxylation sites is 1. The number of fused-ring (bicyclic) bond motifs is 1. The summed E-state index contributed by atoms with van der Waals surface area (Å²) in [6.07, 6.45) is 2.28. The van der Waals surface area contributed by atoms with Crippen molar-refractivity contribution in [1.82, 2.24) is 15.3 Å². The molecular formula is C20H20N4O2S. The van der Waals surface area contributed by atoms with Crippen molar-refractivity contribution in [3.05, 3.63) is 51.8 Å². The average Bonchev–Trinajstić information content (AvgIpc) is 3.45. The van der Waals surface area contributed by atoms with Crippen molar-refractivity contribution in [2.75, 3.05) is 12.4 Å². The molecule has 6 nitrogen and oxygen atoms in total. The number of carbonyl (C=O) groups is 2. The van der Waals surface area contributed by atoms with E-state index in [1.165, 1.54) is 11.3 Å². The fourth-order valence-corrected chi connectivity index (χ4v) is 4.34. The Kier molecular flexibility index (Phi) is 4.39. The Morgan fingerprint density at radius 2 is 1.85 bits per heavy atom. The van der Waals surface area contributed by atoms with Gasteiger partial charge in [0.2, 0.25) is 0 Å². The van der Waals surface area contributed by atoms with Crippen molar-refractivity contribution in [2.24, 2.45) is 0 Å². The van der Waals surface area contributed by atoms with E-state index in [-0.39, 0.29) is 11.8 Å². The lowest BCUT2D eigenvalue weighted by Crippen LogP contribution is -2.21. The van der Waals surface area contributed by atoms with Gasteiger partial charge >= 0.3 is 0 Å². The third-order valence-electron chi connectivity index (χ3n) is 4.78. The molecule has 1 aliphatic carbocycles. The molecule has 1 saturated carbocycles. The van der Waals surface area contributed by atoms with Crippen LogP contribution in [0.3, 0.4) is 0 Å². The number of thiophene rings is 1. The van der Waals surface area contributed by atoms with Crippen LogP contribution in [-0.2, 0) is 0 Å². The summed E-state index contributed by atoms with van der Waals surface area (Å²) in [5.74, 6) is 0.874. The zero-order valence-electron chi connectivity index (χ0n) is 15.4. The Morgan fingerprint density at radius 3 is 2.56 bits per heavy atom. The second-order valence-electron chi connectivity index (χ2n) is 6.76. The fourth-order valence-electron chi connectivity index (χ4n) is 3.20. The molecule has 1 aliphatic rings. The number of nitrogens with zero attached hydrogens (tertiary/aromatic N) is 2. The zero-order valence-corrected chi connectivity index (χ0v) is 16.2. The highest BCUT2D eigenvalue weighted by molar-refractivity contribution is 7.20.